The van der Waals surface area contributed by atoms with Gasteiger partial charge in [0.15, 0.2) is 0 Å². The highest BCUT2D eigenvalue weighted by Gasteiger charge is 2.26. The van der Waals surface area contributed by atoms with Gasteiger partial charge >= 0.3 is 0 Å². The van der Waals surface area contributed by atoms with Crippen molar-refractivity contribution in [3.63, 3.8) is 0 Å². The van der Waals surface area contributed by atoms with Crippen molar-refractivity contribution < 1.29 is 4.79 Å². The number of hydrogen-bond acceptors (Lipinski definition) is 3. The molecule has 122 valence electrons. The van der Waals surface area contributed by atoms with Crippen LogP contribution in [-0.2, 0) is 0 Å². The number of thiazole rings is 1. The SMILES string of the molecule is Cc1nc(C)c(C(=O)N2CCCCC(c3ccc(Cl)cc3)C2)s1. The average Bonchev–Trinajstić information content (AvgIpc) is 2.74. The Bertz CT molecular complexity index is 696. The van der Waals surface area contributed by atoms with Crippen LogP contribution in [0.4, 0.5) is 0 Å². The number of carbonyl (C=O) groups is 1. The molecule has 1 aromatic heterocycles. The topological polar surface area (TPSA) is 33.2 Å². The van der Waals surface area contributed by atoms with E-state index in [1.165, 1.54) is 16.9 Å². The molecule has 0 aliphatic carbocycles. The van der Waals surface area contributed by atoms with Crippen molar-refractivity contribution in [3.05, 3.63) is 50.4 Å². The molecular formula is C18H21ClN2OS. The highest BCUT2D eigenvalue weighted by Crippen LogP contribution is 2.29. The average molecular weight is 349 g/mol. The van der Waals surface area contributed by atoms with Crippen LogP contribution in [0, 0.1) is 13.8 Å². The van der Waals surface area contributed by atoms with Crippen LogP contribution < -0.4 is 0 Å². The fraction of sp³-hybridized carbons (Fsp3) is 0.444. The third kappa shape index (κ3) is 3.75. The highest BCUT2D eigenvalue weighted by molar-refractivity contribution is 7.13. The largest absolute Gasteiger partial charge is 0.337 e. The van der Waals surface area contributed by atoms with Gasteiger partial charge in [0.05, 0.1) is 10.7 Å². The second kappa shape index (κ2) is 7.02. The first-order valence-electron chi connectivity index (χ1n) is 8.03. The van der Waals surface area contributed by atoms with E-state index in [0.717, 1.165) is 53.0 Å². The molecule has 23 heavy (non-hydrogen) atoms. The number of amides is 1. The molecule has 3 nitrogen and oxygen atoms in total. The third-order valence-corrected chi connectivity index (χ3v) is 5.71. The van der Waals surface area contributed by atoms with Gasteiger partial charge in [0, 0.05) is 24.0 Å². The predicted molar refractivity (Wildman–Crippen MR) is 95.5 cm³/mol. The lowest BCUT2D eigenvalue weighted by molar-refractivity contribution is 0.0758. The van der Waals surface area contributed by atoms with Crippen molar-refractivity contribution in [1.29, 1.82) is 0 Å². The van der Waals surface area contributed by atoms with Gasteiger partial charge in [-0.15, -0.1) is 11.3 Å². The number of carbonyl (C=O) groups excluding carboxylic acids is 1. The standard InChI is InChI=1S/C18H21ClN2OS/c1-12-17(23-13(2)20-12)18(22)21-10-4-3-5-15(11-21)14-6-8-16(19)9-7-14/h6-9,15H,3-5,10-11H2,1-2H3. The number of hydrogen-bond donors (Lipinski definition) is 0. The minimum absolute atomic E-state index is 0.133. The van der Waals surface area contributed by atoms with Crippen LogP contribution in [0.3, 0.4) is 0 Å². The van der Waals surface area contributed by atoms with Crippen LogP contribution >= 0.6 is 22.9 Å². The maximum absolute atomic E-state index is 12.9. The summed E-state index contributed by atoms with van der Waals surface area (Å²) in [5.41, 5.74) is 2.12. The molecule has 0 bridgehead atoms. The molecule has 3 rings (SSSR count). The molecule has 1 atom stereocenters. The van der Waals surface area contributed by atoms with Gasteiger partial charge in [-0.2, -0.15) is 0 Å². The Balaban J connectivity index is 1.80. The number of nitrogens with zero attached hydrogens (tertiary/aromatic N) is 2. The summed E-state index contributed by atoms with van der Waals surface area (Å²) in [6.07, 6.45) is 3.33. The van der Waals surface area contributed by atoms with Gasteiger partial charge in [0.25, 0.3) is 5.91 Å². The van der Waals surface area contributed by atoms with Gasteiger partial charge in [-0.05, 0) is 44.4 Å². The van der Waals surface area contributed by atoms with E-state index in [1.807, 2.05) is 30.9 Å². The van der Waals surface area contributed by atoms with Crippen LogP contribution in [0.2, 0.25) is 5.02 Å². The van der Waals surface area contributed by atoms with Gasteiger partial charge in [-0.25, -0.2) is 4.98 Å². The minimum atomic E-state index is 0.133. The molecule has 0 radical (unpaired) electrons. The van der Waals surface area contributed by atoms with Crippen molar-refractivity contribution >= 4 is 28.8 Å². The Morgan fingerprint density at radius 2 is 2.00 bits per heavy atom. The lowest BCUT2D eigenvalue weighted by atomic mass is 9.94. The summed E-state index contributed by atoms with van der Waals surface area (Å²) in [5, 5.41) is 1.71. The monoisotopic (exact) mass is 348 g/mol. The van der Waals surface area contributed by atoms with E-state index in [2.05, 4.69) is 17.1 Å². The summed E-state index contributed by atoms with van der Waals surface area (Å²) in [6, 6.07) is 8.04. The number of aromatic nitrogens is 1. The Labute approximate surface area is 146 Å². The molecule has 1 fully saturated rings. The van der Waals surface area contributed by atoms with Crippen LogP contribution in [0.1, 0.15) is 51.1 Å². The smallest absolute Gasteiger partial charge is 0.265 e. The van der Waals surface area contributed by atoms with E-state index in [1.54, 1.807) is 0 Å². The first kappa shape index (κ1) is 16.5. The van der Waals surface area contributed by atoms with E-state index >= 15 is 0 Å². The van der Waals surface area contributed by atoms with E-state index in [9.17, 15) is 4.79 Å². The molecule has 0 spiro atoms. The number of likely N-dealkylation sites (tertiary alicyclic amines) is 1. The third-order valence-electron chi connectivity index (χ3n) is 4.40. The first-order chi connectivity index (χ1) is 11.0. The first-order valence-corrected chi connectivity index (χ1v) is 9.23. The van der Waals surface area contributed by atoms with Crippen LogP contribution in [0.15, 0.2) is 24.3 Å². The van der Waals surface area contributed by atoms with E-state index in [4.69, 9.17) is 11.6 Å². The molecule has 1 aliphatic rings. The summed E-state index contributed by atoms with van der Waals surface area (Å²) in [7, 11) is 0. The van der Waals surface area contributed by atoms with Crippen LogP contribution in [0.25, 0.3) is 0 Å². The van der Waals surface area contributed by atoms with Gasteiger partial charge in [-0.1, -0.05) is 30.2 Å². The molecule has 1 aromatic carbocycles. The lowest BCUT2D eigenvalue weighted by Crippen LogP contribution is -2.34. The van der Waals surface area contributed by atoms with E-state index < -0.39 is 0 Å². The maximum Gasteiger partial charge on any atom is 0.265 e. The molecule has 2 heterocycles. The van der Waals surface area contributed by atoms with Crippen molar-refractivity contribution in [2.45, 2.75) is 39.0 Å². The second-order valence-electron chi connectivity index (χ2n) is 6.14. The summed E-state index contributed by atoms with van der Waals surface area (Å²) < 4.78 is 0. The quantitative estimate of drug-likeness (QED) is 0.779. The number of rotatable bonds is 2. The molecule has 5 heteroatoms. The van der Waals surface area contributed by atoms with Gasteiger partial charge in [0.1, 0.15) is 4.88 Å². The highest BCUT2D eigenvalue weighted by atomic mass is 35.5. The van der Waals surface area contributed by atoms with E-state index in [-0.39, 0.29) is 5.91 Å². The van der Waals surface area contributed by atoms with Gasteiger partial charge < -0.3 is 4.90 Å². The Hall–Kier alpha value is -1.39. The number of benzene rings is 1. The Morgan fingerprint density at radius 3 is 2.65 bits per heavy atom. The van der Waals surface area contributed by atoms with Crippen molar-refractivity contribution in [2.24, 2.45) is 0 Å². The molecule has 0 N–H and O–H groups in total. The van der Waals surface area contributed by atoms with Crippen LogP contribution in [-0.4, -0.2) is 28.9 Å². The summed E-state index contributed by atoms with van der Waals surface area (Å²) in [4.78, 5) is 20.1. The minimum Gasteiger partial charge on any atom is -0.337 e. The van der Waals surface area contributed by atoms with Crippen molar-refractivity contribution in [2.75, 3.05) is 13.1 Å². The van der Waals surface area contributed by atoms with Crippen molar-refractivity contribution in [1.82, 2.24) is 9.88 Å². The zero-order valence-corrected chi connectivity index (χ0v) is 15.1. The molecule has 0 saturated carbocycles. The predicted octanol–water partition coefficient (Wildman–Crippen LogP) is 4.82. The Morgan fingerprint density at radius 1 is 1.26 bits per heavy atom. The van der Waals surface area contributed by atoms with Gasteiger partial charge in [-0.3, -0.25) is 4.79 Å². The zero-order chi connectivity index (χ0) is 16.4. The molecule has 2 aromatic rings. The fourth-order valence-electron chi connectivity index (χ4n) is 3.21. The lowest BCUT2D eigenvalue weighted by Gasteiger charge is -2.24. The normalized spacial score (nSPS) is 18.7. The molecular weight excluding hydrogens is 328 g/mol. The molecule has 1 unspecified atom stereocenters. The number of halogens is 1. The zero-order valence-electron chi connectivity index (χ0n) is 13.5. The van der Waals surface area contributed by atoms with Crippen LogP contribution in [0.5, 0.6) is 0 Å². The van der Waals surface area contributed by atoms with Crippen molar-refractivity contribution in [3.8, 4) is 0 Å². The van der Waals surface area contributed by atoms with E-state index in [0.29, 0.717) is 5.92 Å². The summed E-state index contributed by atoms with van der Waals surface area (Å²) >= 11 is 7.49. The molecule has 1 aliphatic heterocycles. The summed E-state index contributed by atoms with van der Waals surface area (Å²) in [5.74, 6) is 0.516. The fourth-order valence-corrected chi connectivity index (χ4v) is 4.22. The molecule has 1 amide bonds. The van der Waals surface area contributed by atoms with Gasteiger partial charge in [0.2, 0.25) is 0 Å². The maximum atomic E-state index is 12.9. The second-order valence-corrected chi connectivity index (χ2v) is 7.78. The summed E-state index contributed by atoms with van der Waals surface area (Å²) in [6.45, 7) is 5.48. The molecule has 1 saturated heterocycles. The number of aryl methyl sites for hydroxylation is 2. The Kier molecular flexibility index (Phi) is 5.02.